The first-order valence-corrected chi connectivity index (χ1v) is 11.0. The summed E-state index contributed by atoms with van der Waals surface area (Å²) < 4.78 is 0. The average molecular weight is 312 g/mol. The summed E-state index contributed by atoms with van der Waals surface area (Å²) in [6, 6.07) is 18.3. The molecule has 22 heavy (non-hydrogen) atoms. The molecule has 0 radical (unpaired) electrons. The van der Waals surface area contributed by atoms with Gasteiger partial charge >= 0.3 is 0 Å². The SMILES string of the molecule is CN(C)c1cccc([Si](C)(C)c2ccc(C(C)(C)C)cc2)c1. The Balaban J connectivity index is 2.39. The second kappa shape index (κ2) is 5.92. The van der Waals surface area contributed by atoms with Crippen LogP contribution in [0.2, 0.25) is 13.1 Å². The molecule has 0 atom stereocenters. The van der Waals surface area contributed by atoms with Crippen molar-refractivity contribution in [1.82, 2.24) is 0 Å². The van der Waals surface area contributed by atoms with Crippen LogP contribution in [-0.4, -0.2) is 22.2 Å². The molecule has 0 aliphatic carbocycles. The van der Waals surface area contributed by atoms with Crippen LogP contribution >= 0.6 is 0 Å². The van der Waals surface area contributed by atoms with Crippen LogP contribution < -0.4 is 15.3 Å². The lowest BCUT2D eigenvalue weighted by molar-refractivity contribution is 0.590. The van der Waals surface area contributed by atoms with Crippen molar-refractivity contribution >= 4 is 24.1 Å². The van der Waals surface area contributed by atoms with Gasteiger partial charge in [-0.2, -0.15) is 0 Å². The van der Waals surface area contributed by atoms with Gasteiger partial charge in [-0.05, 0) is 23.1 Å². The molecular formula is C20H29NSi. The lowest BCUT2D eigenvalue weighted by Gasteiger charge is -2.27. The minimum atomic E-state index is -1.64. The fraction of sp³-hybridized carbons (Fsp3) is 0.400. The summed E-state index contributed by atoms with van der Waals surface area (Å²) in [7, 11) is 2.56. The van der Waals surface area contributed by atoms with Crippen LogP contribution in [0, 0.1) is 0 Å². The van der Waals surface area contributed by atoms with Gasteiger partial charge in [0.1, 0.15) is 8.07 Å². The van der Waals surface area contributed by atoms with E-state index in [1.54, 1.807) is 0 Å². The monoisotopic (exact) mass is 311 g/mol. The van der Waals surface area contributed by atoms with Gasteiger partial charge in [0, 0.05) is 19.8 Å². The average Bonchev–Trinajstić information content (AvgIpc) is 2.46. The van der Waals surface area contributed by atoms with Crippen LogP contribution in [0.1, 0.15) is 26.3 Å². The zero-order chi connectivity index (χ0) is 16.5. The second-order valence-corrected chi connectivity index (χ2v) is 12.3. The van der Waals surface area contributed by atoms with Gasteiger partial charge in [0.2, 0.25) is 0 Å². The zero-order valence-corrected chi connectivity index (χ0v) is 16.1. The van der Waals surface area contributed by atoms with E-state index in [1.165, 1.54) is 21.6 Å². The largest absolute Gasteiger partial charge is 0.378 e. The number of benzene rings is 2. The van der Waals surface area contributed by atoms with Gasteiger partial charge in [0.05, 0.1) is 0 Å². The molecule has 0 spiro atoms. The van der Waals surface area contributed by atoms with Crippen LogP contribution in [-0.2, 0) is 5.41 Å². The lowest BCUT2D eigenvalue weighted by atomic mass is 9.87. The molecular weight excluding hydrogens is 282 g/mol. The van der Waals surface area contributed by atoms with Crippen molar-refractivity contribution in [2.45, 2.75) is 39.3 Å². The summed E-state index contributed by atoms with van der Waals surface area (Å²) in [6.07, 6.45) is 0. The number of nitrogens with zero attached hydrogens (tertiary/aromatic N) is 1. The normalized spacial score (nSPS) is 12.3. The van der Waals surface area contributed by atoms with E-state index in [0.29, 0.717) is 0 Å². The smallest absolute Gasteiger partial charge is 0.112 e. The van der Waals surface area contributed by atoms with Gasteiger partial charge in [-0.15, -0.1) is 0 Å². The highest BCUT2D eigenvalue weighted by Gasteiger charge is 2.26. The Labute approximate surface area is 137 Å². The molecule has 0 heterocycles. The van der Waals surface area contributed by atoms with Crippen LogP contribution in [0.5, 0.6) is 0 Å². The molecule has 0 aromatic heterocycles. The Hall–Kier alpha value is -1.54. The van der Waals surface area contributed by atoms with Crippen molar-refractivity contribution < 1.29 is 0 Å². The maximum atomic E-state index is 2.44. The Morgan fingerprint density at radius 1 is 0.818 bits per heavy atom. The summed E-state index contributed by atoms with van der Waals surface area (Å²) in [4.78, 5) is 2.18. The molecule has 0 N–H and O–H groups in total. The van der Waals surface area contributed by atoms with Crippen LogP contribution in [0.3, 0.4) is 0 Å². The lowest BCUT2D eigenvalue weighted by Crippen LogP contribution is -2.52. The molecule has 2 rings (SSSR count). The third kappa shape index (κ3) is 3.44. The van der Waals surface area contributed by atoms with Crippen molar-refractivity contribution in [3.05, 3.63) is 54.1 Å². The van der Waals surface area contributed by atoms with Gasteiger partial charge < -0.3 is 4.90 Å². The van der Waals surface area contributed by atoms with E-state index in [-0.39, 0.29) is 5.41 Å². The third-order valence-corrected chi connectivity index (χ3v) is 8.09. The molecule has 0 bridgehead atoms. The van der Waals surface area contributed by atoms with Crippen molar-refractivity contribution in [3.8, 4) is 0 Å². The first-order chi connectivity index (χ1) is 10.1. The van der Waals surface area contributed by atoms with Crippen LogP contribution in [0.25, 0.3) is 0 Å². The molecule has 118 valence electrons. The highest BCUT2D eigenvalue weighted by molar-refractivity contribution is 7.00. The molecule has 0 aliphatic rings. The number of hydrogen-bond acceptors (Lipinski definition) is 1. The Morgan fingerprint density at radius 3 is 1.91 bits per heavy atom. The number of hydrogen-bond donors (Lipinski definition) is 0. The van der Waals surface area contributed by atoms with Crippen LogP contribution in [0.4, 0.5) is 5.69 Å². The number of anilines is 1. The van der Waals surface area contributed by atoms with Crippen molar-refractivity contribution in [2.24, 2.45) is 0 Å². The Kier molecular flexibility index (Phi) is 4.53. The quantitative estimate of drug-likeness (QED) is 0.778. The summed E-state index contributed by atoms with van der Waals surface area (Å²) in [5.74, 6) is 0. The Bertz CT molecular complexity index is 634. The van der Waals surface area contributed by atoms with E-state index in [2.05, 4.69) is 101 Å². The van der Waals surface area contributed by atoms with Crippen molar-refractivity contribution in [1.29, 1.82) is 0 Å². The molecule has 2 aromatic carbocycles. The van der Waals surface area contributed by atoms with E-state index >= 15 is 0 Å². The Morgan fingerprint density at radius 2 is 1.41 bits per heavy atom. The maximum absolute atomic E-state index is 2.44. The molecule has 0 aliphatic heterocycles. The van der Waals surface area contributed by atoms with Gasteiger partial charge in [-0.25, -0.2) is 0 Å². The van der Waals surface area contributed by atoms with Crippen molar-refractivity contribution in [3.63, 3.8) is 0 Å². The standard InChI is InChI=1S/C20H29NSi/c1-20(2,3)16-11-13-18(14-12-16)22(6,7)19-10-8-9-17(15-19)21(4)5/h8-15H,1-7H3. The van der Waals surface area contributed by atoms with Crippen molar-refractivity contribution in [2.75, 3.05) is 19.0 Å². The topological polar surface area (TPSA) is 3.24 Å². The maximum Gasteiger partial charge on any atom is 0.112 e. The molecule has 2 aromatic rings. The fourth-order valence-electron chi connectivity index (χ4n) is 2.73. The van der Waals surface area contributed by atoms with Gasteiger partial charge in [0.25, 0.3) is 0 Å². The van der Waals surface area contributed by atoms with Gasteiger partial charge in [0.15, 0.2) is 0 Å². The van der Waals surface area contributed by atoms with Gasteiger partial charge in [-0.3, -0.25) is 0 Å². The molecule has 1 nitrogen and oxygen atoms in total. The fourth-order valence-corrected chi connectivity index (χ4v) is 5.08. The van der Waals surface area contributed by atoms with E-state index in [0.717, 1.165) is 0 Å². The summed E-state index contributed by atoms with van der Waals surface area (Å²) in [5, 5.41) is 2.98. The summed E-state index contributed by atoms with van der Waals surface area (Å²) >= 11 is 0. The first kappa shape index (κ1) is 16.8. The number of rotatable bonds is 3. The zero-order valence-electron chi connectivity index (χ0n) is 15.1. The highest BCUT2D eigenvalue weighted by atomic mass is 28.3. The second-order valence-electron chi connectivity index (χ2n) is 7.90. The predicted molar refractivity (Wildman–Crippen MR) is 103 cm³/mol. The molecule has 0 saturated carbocycles. The third-order valence-electron chi connectivity index (χ3n) is 4.56. The van der Waals surface area contributed by atoms with Crippen LogP contribution in [0.15, 0.2) is 48.5 Å². The summed E-state index contributed by atoms with van der Waals surface area (Å²) in [6.45, 7) is 11.7. The van der Waals surface area contributed by atoms with E-state index in [1.807, 2.05) is 0 Å². The van der Waals surface area contributed by atoms with E-state index in [4.69, 9.17) is 0 Å². The predicted octanol–water partition coefficient (Wildman–Crippen LogP) is 3.87. The highest BCUT2D eigenvalue weighted by Crippen LogP contribution is 2.21. The minimum absolute atomic E-state index is 0.217. The molecule has 0 unspecified atom stereocenters. The first-order valence-electron chi connectivity index (χ1n) is 8.01. The van der Waals surface area contributed by atoms with E-state index in [9.17, 15) is 0 Å². The molecule has 0 amide bonds. The minimum Gasteiger partial charge on any atom is -0.378 e. The molecule has 0 fully saturated rings. The molecule has 2 heteroatoms. The van der Waals surface area contributed by atoms with E-state index < -0.39 is 8.07 Å². The summed E-state index contributed by atoms with van der Waals surface area (Å²) in [5.41, 5.74) is 2.90. The molecule has 0 saturated heterocycles. The van der Waals surface area contributed by atoms with Gasteiger partial charge in [-0.1, -0.05) is 80.6 Å².